The molecule has 0 saturated heterocycles. The maximum atomic E-state index is 5.94. The van der Waals surface area contributed by atoms with Gasteiger partial charge in [-0.25, -0.2) is 9.97 Å². The first kappa shape index (κ1) is 13.9. The average molecular weight is 270 g/mol. The highest BCUT2D eigenvalue weighted by Crippen LogP contribution is 2.19. The van der Waals surface area contributed by atoms with Crippen molar-refractivity contribution in [1.29, 1.82) is 0 Å². The van der Waals surface area contributed by atoms with Crippen molar-refractivity contribution >= 4 is 24.0 Å². The van der Waals surface area contributed by atoms with Crippen molar-refractivity contribution in [2.24, 2.45) is 5.73 Å². The van der Waals surface area contributed by atoms with Crippen molar-refractivity contribution in [3.8, 4) is 11.3 Å². The van der Waals surface area contributed by atoms with Crippen molar-refractivity contribution in [3.63, 3.8) is 0 Å². The van der Waals surface area contributed by atoms with Crippen LogP contribution in [0.3, 0.4) is 0 Å². The van der Waals surface area contributed by atoms with Crippen molar-refractivity contribution in [3.05, 3.63) is 47.4 Å². The molecular formula is C12H13Cl2N3. The van der Waals surface area contributed by atoms with E-state index in [1.165, 1.54) is 0 Å². The fourth-order valence-corrected chi connectivity index (χ4v) is 1.66. The first-order valence-electron chi connectivity index (χ1n) is 5.08. The van der Waals surface area contributed by atoms with Crippen LogP contribution in [0.15, 0.2) is 36.4 Å². The van der Waals surface area contributed by atoms with Gasteiger partial charge in [0.2, 0.25) is 0 Å². The monoisotopic (exact) mass is 269 g/mol. The van der Waals surface area contributed by atoms with Crippen LogP contribution in [-0.4, -0.2) is 16.5 Å². The number of nitrogens with zero attached hydrogens (tertiary/aromatic N) is 2. The second-order valence-corrected chi connectivity index (χ2v) is 3.78. The molecule has 0 aliphatic rings. The first-order valence-corrected chi connectivity index (χ1v) is 5.46. The maximum Gasteiger partial charge on any atom is 0.133 e. The average Bonchev–Trinajstić information content (AvgIpc) is 2.30. The quantitative estimate of drug-likeness (QED) is 0.872. The smallest absolute Gasteiger partial charge is 0.133 e. The van der Waals surface area contributed by atoms with Crippen LogP contribution >= 0.6 is 24.0 Å². The van der Waals surface area contributed by atoms with Crippen molar-refractivity contribution in [2.45, 2.75) is 6.42 Å². The summed E-state index contributed by atoms with van der Waals surface area (Å²) >= 11 is 5.94. The fourth-order valence-electron chi connectivity index (χ4n) is 1.46. The van der Waals surface area contributed by atoms with Gasteiger partial charge < -0.3 is 5.73 Å². The number of aromatic nitrogens is 2. The lowest BCUT2D eigenvalue weighted by molar-refractivity contribution is 0.870. The molecule has 0 aliphatic carbocycles. The van der Waals surface area contributed by atoms with Crippen LogP contribution in [0.4, 0.5) is 0 Å². The van der Waals surface area contributed by atoms with Crippen LogP contribution in [0, 0.1) is 0 Å². The third-order valence-corrected chi connectivity index (χ3v) is 2.37. The van der Waals surface area contributed by atoms with E-state index in [9.17, 15) is 0 Å². The summed E-state index contributed by atoms with van der Waals surface area (Å²) in [5, 5.41) is 0.456. The Morgan fingerprint density at radius 3 is 2.47 bits per heavy atom. The Kier molecular flexibility index (Phi) is 5.35. The Labute approximate surface area is 111 Å². The van der Waals surface area contributed by atoms with E-state index in [4.69, 9.17) is 17.3 Å². The molecule has 1 heterocycles. The highest BCUT2D eigenvalue weighted by atomic mass is 35.5. The van der Waals surface area contributed by atoms with Gasteiger partial charge in [-0.2, -0.15) is 0 Å². The van der Waals surface area contributed by atoms with Crippen LogP contribution in [0.5, 0.6) is 0 Å². The molecule has 2 aromatic rings. The van der Waals surface area contributed by atoms with E-state index in [2.05, 4.69) is 9.97 Å². The molecule has 1 aromatic carbocycles. The molecular weight excluding hydrogens is 257 g/mol. The molecule has 0 fully saturated rings. The second-order valence-electron chi connectivity index (χ2n) is 3.40. The minimum absolute atomic E-state index is 0. The zero-order valence-corrected chi connectivity index (χ0v) is 10.7. The van der Waals surface area contributed by atoms with Crippen LogP contribution in [0.1, 0.15) is 5.82 Å². The minimum atomic E-state index is 0. The number of benzene rings is 1. The lowest BCUT2D eigenvalue weighted by Gasteiger charge is -2.04. The summed E-state index contributed by atoms with van der Waals surface area (Å²) in [5.41, 5.74) is 7.35. The molecule has 0 bridgehead atoms. The van der Waals surface area contributed by atoms with Crippen LogP contribution in [0.25, 0.3) is 11.3 Å². The number of hydrogen-bond acceptors (Lipinski definition) is 3. The van der Waals surface area contributed by atoms with Gasteiger partial charge in [-0.1, -0.05) is 41.9 Å². The molecule has 0 atom stereocenters. The number of nitrogens with two attached hydrogens (primary N) is 1. The van der Waals surface area contributed by atoms with Crippen LogP contribution in [-0.2, 0) is 6.42 Å². The van der Waals surface area contributed by atoms with Gasteiger partial charge in [-0.05, 0) is 6.54 Å². The van der Waals surface area contributed by atoms with Gasteiger partial charge in [0.25, 0.3) is 0 Å². The molecule has 90 valence electrons. The van der Waals surface area contributed by atoms with E-state index in [0.717, 1.165) is 11.3 Å². The van der Waals surface area contributed by atoms with E-state index in [1.54, 1.807) is 6.07 Å². The van der Waals surface area contributed by atoms with E-state index >= 15 is 0 Å². The molecule has 0 spiro atoms. The maximum absolute atomic E-state index is 5.94. The summed E-state index contributed by atoms with van der Waals surface area (Å²) in [6.07, 6.45) is 0.639. The molecule has 0 unspecified atom stereocenters. The molecule has 3 nitrogen and oxygen atoms in total. The van der Waals surface area contributed by atoms with E-state index < -0.39 is 0 Å². The predicted octanol–water partition coefficient (Wildman–Crippen LogP) is 2.72. The van der Waals surface area contributed by atoms with E-state index in [0.29, 0.717) is 23.9 Å². The molecule has 17 heavy (non-hydrogen) atoms. The first-order chi connectivity index (χ1) is 7.79. The molecule has 1 aromatic heterocycles. The van der Waals surface area contributed by atoms with Gasteiger partial charge in [-0.15, -0.1) is 12.4 Å². The summed E-state index contributed by atoms with van der Waals surface area (Å²) in [7, 11) is 0. The lowest BCUT2D eigenvalue weighted by atomic mass is 10.1. The molecule has 2 N–H and O–H groups in total. The van der Waals surface area contributed by atoms with Gasteiger partial charge >= 0.3 is 0 Å². The second kappa shape index (κ2) is 6.55. The number of hydrogen-bond donors (Lipinski definition) is 1. The van der Waals surface area contributed by atoms with Gasteiger partial charge in [0.15, 0.2) is 0 Å². The van der Waals surface area contributed by atoms with Gasteiger partial charge in [0, 0.05) is 18.1 Å². The topological polar surface area (TPSA) is 51.8 Å². The highest BCUT2D eigenvalue weighted by molar-refractivity contribution is 6.29. The zero-order valence-electron chi connectivity index (χ0n) is 9.14. The summed E-state index contributed by atoms with van der Waals surface area (Å²) in [5.74, 6) is 0.689. The predicted molar refractivity (Wildman–Crippen MR) is 72.5 cm³/mol. The third-order valence-electron chi connectivity index (χ3n) is 2.18. The number of rotatable bonds is 3. The summed E-state index contributed by atoms with van der Waals surface area (Å²) in [6.45, 7) is 0.522. The van der Waals surface area contributed by atoms with Crippen LogP contribution < -0.4 is 5.73 Å². The summed E-state index contributed by atoms with van der Waals surface area (Å²) in [4.78, 5) is 8.54. The molecule has 2 rings (SSSR count). The van der Waals surface area contributed by atoms with Gasteiger partial charge in [-0.3, -0.25) is 0 Å². The minimum Gasteiger partial charge on any atom is -0.330 e. The fraction of sp³-hybridized carbons (Fsp3) is 0.167. The standard InChI is InChI=1S/C12H12ClN3.ClH/c13-11-8-10(9-4-2-1-3-5-9)15-12(16-11)6-7-14;/h1-5,8H,6-7,14H2;1H. The Bertz CT molecular complexity index is 474. The molecule has 5 heteroatoms. The van der Waals surface area contributed by atoms with Crippen LogP contribution in [0.2, 0.25) is 5.15 Å². The van der Waals surface area contributed by atoms with Gasteiger partial charge in [0.1, 0.15) is 11.0 Å². The highest BCUT2D eigenvalue weighted by Gasteiger charge is 2.04. The Morgan fingerprint density at radius 2 is 1.82 bits per heavy atom. The summed E-state index contributed by atoms with van der Waals surface area (Å²) in [6, 6.07) is 11.6. The number of halogens is 2. The molecule has 0 saturated carbocycles. The van der Waals surface area contributed by atoms with Crippen molar-refractivity contribution in [2.75, 3.05) is 6.54 Å². The Morgan fingerprint density at radius 1 is 1.12 bits per heavy atom. The Hall–Kier alpha value is -1.16. The molecule has 0 amide bonds. The third kappa shape index (κ3) is 3.66. The van der Waals surface area contributed by atoms with Crippen molar-refractivity contribution in [1.82, 2.24) is 9.97 Å². The normalized spacial score (nSPS) is 9.76. The largest absolute Gasteiger partial charge is 0.330 e. The van der Waals surface area contributed by atoms with Crippen molar-refractivity contribution < 1.29 is 0 Å². The van der Waals surface area contributed by atoms with E-state index in [-0.39, 0.29) is 12.4 Å². The summed E-state index contributed by atoms with van der Waals surface area (Å²) < 4.78 is 0. The molecule has 0 radical (unpaired) electrons. The van der Waals surface area contributed by atoms with E-state index in [1.807, 2.05) is 30.3 Å². The molecule has 0 aliphatic heterocycles. The van der Waals surface area contributed by atoms with Gasteiger partial charge in [0.05, 0.1) is 5.69 Å². The SMILES string of the molecule is Cl.NCCc1nc(Cl)cc(-c2ccccc2)n1. The zero-order chi connectivity index (χ0) is 11.4. The lowest BCUT2D eigenvalue weighted by Crippen LogP contribution is -2.07. The Balaban J connectivity index is 0.00000144.